The van der Waals surface area contributed by atoms with E-state index in [1.165, 1.54) is 6.92 Å². The van der Waals surface area contributed by atoms with Crippen LogP contribution in [0.15, 0.2) is 30.3 Å². The number of carbonyl (C=O) groups excluding carboxylic acids is 2. The molecule has 5 heteroatoms. The van der Waals surface area contributed by atoms with Gasteiger partial charge in [0.15, 0.2) is 5.78 Å². The van der Waals surface area contributed by atoms with Crippen molar-refractivity contribution in [2.24, 2.45) is 0 Å². The number of anilines is 1. The standard InChI is InChI=1S/C19H20ClNO3/c1-5-24-18-12(3)8-14(10-17(18)20)19(23)21-15-6-7-16(13(4)22)11(2)9-15/h6-10H,5H2,1-4H3,(H,21,23). The highest BCUT2D eigenvalue weighted by atomic mass is 35.5. The van der Waals surface area contributed by atoms with Crippen molar-refractivity contribution in [1.82, 2.24) is 0 Å². The molecule has 0 spiro atoms. The highest BCUT2D eigenvalue weighted by Gasteiger charge is 2.13. The molecular weight excluding hydrogens is 326 g/mol. The van der Waals surface area contributed by atoms with E-state index < -0.39 is 0 Å². The van der Waals surface area contributed by atoms with E-state index in [0.29, 0.717) is 34.2 Å². The molecule has 0 radical (unpaired) electrons. The summed E-state index contributed by atoms with van der Waals surface area (Å²) in [6.45, 7) is 7.59. The smallest absolute Gasteiger partial charge is 0.255 e. The van der Waals surface area contributed by atoms with E-state index in [1.54, 1.807) is 30.3 Å². The Morgan fingerprint density at radius 3 is 2.38 bits per heavy atom. The van der Waals surface area contributed by atoms with Crippen LogP contribution in [0.3, 0.4) is 0 Å². The minimum Gasteiger partial charge on any atom is -0.492 e. The molecule has 0 aromatic heterocycles. The summed E-state index contributed by atoms with van der Waals surface area (Å²) in [4.78, 5) is 23.9. The van der Waals surface area contributed by atoms with Crippen LogP contribution in [0.1, 0.15) is 45.7 Å². The predicted octanol–water partition coefficient (Wildman–Crippen LogP) is 4.81. The zero-order valence-electron chi connectivity index (χ0n) is 14.2. The Bertz CT molecular complexity index is 776. The van der Waals surface area contributed by atoms with Gasteiger partial charge in [0.1, 0.15) is 5.75 Å². The van der Waals surface area contributed by atoms with E-state index in [0.717, 1.165) is 11.1 Å². The summed E-state index contributed by atoms with van der Waals surface area (Å²) in [5, 5.41) is 3.23. The number of amides is 1. The SMILES string of the molecule is CCOc1c(C)cc(C(=O)Nc2ccc(C(C)=O)c(C)c2)cc1Cl. The third-order valence-corrected chi connectivity index (χ3v) is 3.92. The summed E-state index contributed by atoms with van der Waals surface area (Å²) in [5.74, 6) is 0.328. The summed E-state index contributed by atoms with van der Waals surface area (Å²) in [6, 6.07) is 8.53. The van der Waals surface area contributed by atoms with Crippen LogP contribution in [-0.4, -0.2) is 18.3 Å². The molecule has 126 valence electrons. The fraction of sp³-hybridized carbons (Fsp3) is 0.263. The highest BCUT2D eigenvalue weighted by Crippen LogP contribution is 2.30. The number of hydrogen-bond donors (Lipinski definition) is 1. The molecule has 0 unspecified atom stereocenters. The topological polar surface area (TPSA) is 55.4 Å². The minimum absolute atomic E-state index is 0.000652. The van der Waals surface area contributed by atoms with Crippen LogP contribution in [-0.2, 0) is 0 Å². The molecule has 1 N–H and O–H groups in total. The lowest BCUT2D eigenvalue weighted by molar-refractivity contribution is 0.101. The van der Waals surface area contributed by atoms with Crippen molar-refractivity contribution >= 4 is 29.0 Å². The summed E-state index contributed by atoms with van der Waals surface area (Å²) in [6.07, 6.45) is 0. The number of Topliss-reactive ketones (excluding diaryl/α,β-unsaturated/α-hetero) is 1. The predicted molar refractivity (Wildman–Crippen MR) is 96.5 cm³/mol. The molecule has 24 heavy (non-hydrogen) atoms. The van der Waals surface area contributed by atoms with Gasteiger partial charge in [0.05, 0.1) is 11.6 Å². The molecule has 0 aliphatic rings. The molecule has 0 atom stereocenters. The van der Waals surface area contributed by atoms with Crippen LogP contribution < -0.4 is 10.1 Å². The maximum atomic E-state index is 12.4. The Kier molecular flexibility index (Phi) is 5.62. The van der Waals surface area contributed by atoms with Gasteiger partial charge in [-0.15, -0.1) is 0 Å². The third-order valence-electron chi connectivity index (χ3n) is 3.64. The van der Waals surface area contributed by atoms with Crippen molar-refractivity contribution < 1.29 is 14.3 Å². The van der Waals surface area contributed by atoms with Crippen molar-refractivity contribution in [3.05, 3.63) is 57.6 Å². The normalized spacial score (nSPS) is 10.4. The van der Waals surface area contributed by atoms with E-state index in [1.807, 2.05) is 20.8 Å². The average Bonchev–Trinajstić information content (AvgIpc) is 2.50. The molecule has 2 rings (SSSR count). The van der Waals surface area contributed by atoms with Crippen molar-refractivity contribution in [3.63, 3.8) is 0 Å². The monoisotopic (exact) mass is 345 g/mol. The lowest BCUT2D eigenvalue weighted by atomic mass is 10.0. The Balaban J connectivity index is 2.24. The molecule has 0 fully saturated rings. The first-order chi connectivity index (χ1) is 11.3. The number of halogens is 1. The van der Waals surface area contributed by atoms with Crippen LogP contribution >= 0.6 is 11.6 Å². The Morgan fingerprint density at radius 2 is 1.83 bits per heavy atom. The number of ketones is 1. The molecule has 2 aromatic rings. The highest BCUT2D eigenvalue weighted by molar-refractivity contribution is 6.32. The largest absolute Gasteiger partial charge is 0.492 e. The van der Waals surface area contributed by atoms with Gasteiger partial charge in [-0.05, 0) is 69.2 Å². The zero-order chi connectivity index (χ0) is 17.9. The molecule has 2 aromatic carbocycles. The minimum atomic E-state index is -0.266. The van der Waals surface area contributed by atoms with Crippen LogP contribution in [0.25, 0.3) is 0 Å². The number of rotatable bonds is 5. The van der Waals surface area contributed by atoms with Gasteiger partial charge in [-0.2, -0.15) is 0 Å². The summed E-state index contributed by atoms with van der Waals surface area (Å²) < 4.78 is 5.48. The fourth-order valence-corrected chi connectivity index (χ4v) is 2.85. The first-order valence-corrected chi connectivity index (χ1v) is 8.07. The van der Waals surface area contributed by atoms with Crippen molar-refractivity contribution in [1.29, 1.82) is 0 Å². The first-order valence-electron chi connectivity index (χ1n) is 7.69. The molecule has 0 bridgehead atoms. The lowest BCUT2D eigenvalue weighted by Gasteiger charge is -2.12. The fourth-order valence-electron chi connectivity index (χ4n) is 2.53. The molecule has 0 heterocycles. The average molecular weight is 346 g/mol. The molecule has 0 saturated heterocycles. The van der Waals surface area contributed by atoms with Crippen molar-refractivity contribution in [3.8, 4) is 5.75 Å². The van der Waals surface area contributed by atoms with E-state index in [-0.39, 0.29) is 11.7 Å². The number of ether oxygens (including phenoxy) is 1. The molecular formula is C19H20ClNO3. The number of carbonyl (C=O) groups is 2. The van der Waals surface area contributed by atoms with Crippen LogP contribution in [0.4, 0.5) is 5.69 Å². The second kappa shape index (κ2) is 7.49. The van der Waals surface area contributed by atoms with E-state index in [9.17, 15) is 9.59 Å². The summed E-state index contributed by atoms with van der Waals surface area (Å²) in [5.41, 5.74) is 3.35. The Morgan fingerprint density at radius 1 is 1.12 bits per heavy atom. The van der Waals surface area contributed by atoms with Gasteiger partial charge in [0.2, 0.25) is 0 Å². The third kappa shape index (κ3) is 3.95. The maximum Gasteiger partial charge on any atom is 0.255 e. The van der Waals surface area contributed by atoms with Crippen LogP contribution in [0, 0.1) is 13.8 Å². The van der Waals surface area contributed by atoms with Crippen LogP contribution in [0.5, 0.6) is 5.75 Å². The van der Waals surface area contributed by atoms with Crippen LogP contribution in [0.2, 0.25) is 5.02 Å². The number of benzene rings is 2. The quantitative estimate of drug-likeness (QED) is 0.791. The first kappa shape index (κ1) is 18.0. The van der Waals surface area contributed by atoms with Gasteiger partial charge < -0.3 is 10.1 Å². The van der Waals surface area contributed by atoms with E-state index in [2.05, 4.69) is 5.32 Å². The number of aryl methyl sites for hydroxylation is 2. The van der Waals surface area contributed by atoms with Gasteiger partial charge in [-0.3, -0.25) is 9.59 Å². The summed E-state index contributed by atoms with van der Waals surface area (Å²) in [7, 11) is 0. The van der Waals surface area contributed by atoms with E-state index in [4.69, 9.17) is 16.3 Å². The molecule has 0 aliphatic carbocycles. The second-order valence-electron chi connectivity index (χ2n) is 5.58. The van der Waals surface area contributed by atoms with E-state index >= 15 is 0 Å². The Labute approximate surface area is 146 Å². The van der Waals surface area contributed by atoms with Crippen molar-refractivity contribution in [2.45, 2.75) is 27.7 Å². The lowest BCUT2D eigenvalue weighted by Crippen LogP contribution is -2.13. The van der Waals surface area contributed by atoms with Gasteiger partial charge >= 0.3 is 0 Å². The maximum absolute atomic E-state index is 12.4. The second-order valence-corrected chi connectivity index (χ2v) is 5.98. The van der Waals surface area contributed by atoms with Gasteiger partial charge in [-0.1, -0.05) is 11.6 Å². The van der Waals surface area contributed by atoms with Gasteiger partial charge in [0.25, 0.3) is 5.91 Å². The summed E-state index contributed by atoms with van der Waals surface area (Å²) >= 11 is 6.20. The van der Waals surface area contributed by atoms with Gasteiger partial charge in [0, 0.05) is 16.8 Å². The zero-order valence-corrected chi connectivity index (χ0v) is 15.0. The molecule has 0 saturated carbocycles. The van der Waals surface area contributed by atoms with Crippen molar-refractivity contribution in [2.75, 3.05) is 11.9 Å². The number of nitrogens with one attached hydrogen (secondary N) is 1. The number of hydrogen-bond acceptors (Lipinski definition) is 3. The molecule has 4 nitrogen and oxygen atoms in total. The molecule has 1 amide bonds. The molecule has 0 aliphatic heterocycles. The van der Waals surface area contributed by atoms with Gasteiger partial charge in [-0.25, -0.2) is 0 Å². The Hall–Kier alpha value is -2.33.